The third-order valence-electron chi connectivity index (χ3n) is 0.253. The number of nitrogens with two attached hydrogens (primary N) is 1. The Bertz CT molecular complexity index is 125. The molecule has 0 saturated carbocycles. The van der Waals surface area contributed by atoms with Gasteiger partial charge in [0.1, 0.15) is 6.11 Å². The molecular weight excluding hydrogens is 92.1 g/mol. The maximum absolute atomic E-state index is 7.76. The third-order valence-corrected chi connectivity index (χ3v) is 0.253. The number of aliphatic hydroxyl groups excluding tert-OH is 1. The van der Waals surface area contributed by atoms with E-state index in [0.717, 1.165) is 0 Å². The third kappa shape index (κ3) is 4.52. The van der Waals surface area contributed by atoms with Gasteiger partial charge in [-0.25, -0.2) is 0 Å². The van der Waals surface area contributed by atoms with E-state index in [4.69, 9.17) is 10.8 Å². The van der Waals surface area contributed by atoms with Gasteiger partial charge in [-0.2, -0.15) is 0 Å². The lowest BCUT2D eigenvalue weighted by Gasteiger charge is -1.69. The minimum Gasteiger partial charge on any atom is -0.461 e. The molecule has 0 amide bonds. The van der Waals surface area contributed by atoms with Crippen LogP contribution in [0.25, 0.3) is 0 Å². The minimum atomic E-state index is 1.58. The summed E-state index contributed by atoms with van der Waals surface area (Å²) in [4.78, 5) is 0. The van der Waals surface area contributed by atoms with Crippen LogP contribution in [0.3, 0.4) is 0 Å². The van der Waals surface area contributed by atoms with E-state index in [-0.39, 0.29) is 0 Å². The van der Waals surface area contributed by atoms with Gasteiger partial charge in [0.25, 0.3) is 0 Å². The molecule has 7 heavy (non-hydrogen) atoms. The second kappa shape index (κ2) is 4.52. The van der Waals surface area contributed by atoms with Crippen LogP contribution in [0.4, 0.5) is 0 Å². The van der Waals surface area contributed by atoms with Crippen molar-refractivity contribution in [1.82, 2.24) is 5.32 Å². The molecule has 3 heteroatoms. The summed E-state index contributed by atoms with van der Waals surface area (Å²) in [7, 11) is 0. The standard InChI is InChI=1S/C4H4N2O/c5-1-2-6-3-4-7/h6-7H,5H2. The maximum atomic E-state index is 7.76. The lowest BCUT2D eigenvalue weighted by atomic mass is 10.9. The van der Waals surface area contributed by atoms with Crippen LogP contribution in [0, 0.1) is 24.2 Å². The zero-order valence-electron chi connectivity index (χ0n) is 3.52. The Kier molecular flexibility index (Phi) is 3.56. The fourth-order valence-corrected chi connectivity index (χ4v) is 0.0953. The summed E-state index contributed by atoms with van der Waals surface area (Å²) in [5.74, 6) is 0. The van der Waals surface area contributed by atoms with Gasteiger partial charge in [0.15, 0.2) is 0 Å². The monoisotopic (exact) mass is 96.0 g/mol. The van der Waals surface area contributed by atoms with E-state index in [0.29, 0.717) is 0 Å². The Labute approximate surface area is 41.5 Å². The molecule has 0 spiro atoms. The quantitative estimate of drug-likeness (QED) is 0.261. The summed E-state index contributed by atoms with van der Waals surface area (Å²) in [5, 5.41) is 9.95. The van der Waals surface area contributed by atoms with Crippen molar-refractivity contribution in [3.05, 3.63) is 0 Å². The number of nitrogens with one attached hydrogen (secondary N) is 1. The first kappa shape index (κ1) is 5.52. The van der Waals surface area contributed by atoms with Crippen LogP contribution >= 0.6 is 0 Å². The molecule has 0 saturated heterocycles. The van der Waals surface area contributed by atoms with Crippen LogP contribution in [0.2, 0.25) is 0 Å². The largest absolute Gasteiger partial charge is 0.461 e. The van der Waals surface area contributed by atoms with Crippen molar-refractivity contribution in [1.29, 1.82) is 0 Å². The first-order valence-electron chi connectivity index (χ1n) is 1.51. The van der Waals surface area contributed by atoms with Gasteiger partial charge in [0, 0.05) is 12.1 Å². The highest BCUT2D eigenvalue weighted by Gasteiger charge is 1.53. The summed E-state index contributed by atoms with van der Waals surface area (Å²) in [6.45, 7) is 0. The Morgan fingerprint density at radius 2 is 2.14 bits per heavy atom. The Hall–Kier alpha value is -1.48. The zero-order chi connectivity index (χ0) is 5.54. The van der Waals surface area contributed by atoms with Gasteiger partial charge >= 0.3 is 0 Å². The summed E-state index contributed by atoms with van der Waals surface area (Å²) in [6.07, 6.45) is 1.58. The number of hydrogen-bond donors (Lipinski definition) is 3. The van der Waals surface area contributed by atoms with Crippen LogP contribution < -0.4 is 11.1 Å². The molecule has 3 nitrogen and oxygen atoms in total. The van der Waals surface area contributed by atoms with E-state index in [2.05, 4.69) is 17.4 Å². The smallest absolute Gasteiger partial charge is 0.132 e. The van der Waals surface area contributed by atoms with Gasteiger partial charge in [-0.1, -0.05) is 0 Å². The topological polar surface area (TPSA) is 58.3 Å². The van der Waals surface area contributed by atoms with Gasteiger partial charge < -0.3 is 10.8 Å². The second-order valence-electron chi connectivity index (χ2n) is 0.631. The van der Waals surface area contributed by atoms with E-state index in [1.165, 1.54) is 0 Å². The van der Waals surface area contributed by atoms with Crippen LogP contribution in [0.15, 0.2) is 0 Å². The van der Waals surface area contributed by atoms with Crippen molar-refractivity contribution in [2.75, 3.05) is 0 Å². The molecule has 4 N–H and O–H groups in total. The maximum Gasteiger partial charge on any atom is 0.132 e. The van der Waals surface area contributed by atoms with Gasteiger partial charge in [-0.3, -0.25) is 5.32 Å². The second-order valence-corrected chi connectivity index (χ2v) is 0.631. The van der Waals surface area contributed by atoms with E-state index < -0.39 is 0 Å². The molecule has 0 aliphatic rings. The SMILES string of the molecule is NC#CNC#CO. The van der Waals surface area contributed by atoms with Crippen LogP contribution in [-0.2, 0) is 0 Å². The van der Waals surface area contributed by atoms with Crippen molar-refractivity contribution in [2.45, 2.75) is 0 Å². The predicted molar refractivity (Wildman–Crippen MR) is 24.8 cm³/mol. The molecule has 0 unspecified atom stereocenters. The molecule has 0 aromatic carbocycles. The molecular formula is C4H4N2O. The predicted octanol–water partition coefficient (Wildman–Crippen LogP) is -1.26. The summed E-state index contributed by atoms with van der Waals surface area (Å²) >= 11 is 0. The molecule has 0 rings (SSSR count). The van der Waals surface area contributed by atoms with Crippen molar-refractivity contribution in [2.24, 2.45) is 5.73 Å². The van der Waals surface area contributed by atoms with Gasteiger partial charge in [0.05, 0.1) is 6.04 Å². The number of aliphatic hydroxyl groups is 1. The lowest BCUT2D eigenvalue weighted by molar-refractivity contribution is 0.516. The van der Waals surface area contributed by atoms with Gasteiger partial charge in [-0.15, -0.1) is 0 Å². The fourth-order valence-electron chi connectivity index (χ4n) is 0.0953. The molecule has 0 aromatic heterocycles. The van der Waals surface area contributed by atoms with Crippen molar-refractivity contribution in [3.63, 3.8) is 0 Å². The van der Waals surface area contributed by atoms with Crippen LogP contribution in [0.5, 0.6) is 0 Å². The number of rotatable bonds is 0. The average molecular weight is 96.1 g/mol. The molecule has 0 aliphatic heterocycles. The van der Waals surface area contributed by atoms with E-state index in [1.54, 1.807) is 6.11 Å². The summed E-state index contributed by atoms with van der Waals surface area (Å²) < 4.78 is 0. The highest BCUT2D eigenvalue weighted by atomic mass is 16.2. The molecule has 0 aromatic rings. The Morgan fingerprint density at radius 1 is 1.43 bits per heavy atom. The van der Waals surface area contributed by atoms with Crippen molar-refractivity contribution >= 4 is 0 Å². The fraction of sp³-hybridized carbons (Fsp3) is 0. The van der Waals surface area contributed by atoms with Crippen LogP contribution in [0.1, 0.15) is 0 Å². The average Bonchev–Trinajstić information content (AvgIpc) is 1.69. The lowest BCUT2D eigenvalue weighted by Crippen LogP contribution is -1.94. The van der Waals surface area contributed by atoms with Crippen molar-refractivity contribution < 1.29 is 5.11 Å². The molecule has 0 fully saturated rings. The molecule has 0 radical (unpaired) electrons. The Morgan fingerprint density at radius 3 is 2.57 bits per heavy atom. The molecule has 36 valence electrons. The van der Waals surface area contributed by atoms with Crippen molar-refractivity contribution in [3.8, 4) is 24.2 Å². The van der Waals surface area contributed by atoms with E-state index in [1.807, 2.05) is 6.04 Å². The van der Waals surface area contributed by atoms with Gasteiger partial charge in [-0.05, 0) is 0 Å². The Balaban J connectivity index is 3.21. The van der Waals surface area contributed by atoms with Crippen LogP contribution in [-0.4, -0.2) is 5.11 Å². The molecule has 0 heterocycles. The first-order chi connectivity index (χ1) is 3.41. The molecule has 0 aliphatic carbocycles. The number of hydrogen-bond acceptors (Lipinski definition) is 3. The zero-order valence-corrected chi connectivity index (χ0v) is 3.52. The molecule has 0 bridgehead atoms. The minimum absolute atomic E-state index is 1.58. The summed E-state index contributed by atoms with van der Waals surface area (Å²) in [6, 6.07) is 6.27. The normalized spacial score (nSPS) is 4.00. The highest BCUT2D eigenvalue weighted by molar-refractivity contribution is 5.01. The summed E-state index contributed by atoms with van der Waals surface area (Å²) in [5.41, 5.74) is 4.70. The van der Waals surface area contributed by atoms with Gasteiger partial charge in [0.2, 0.25) is 0 Å². The first-order valence-corrected chi connectivity index (χ1v) is 1.51. The van der Waals surface area contributed by atoms with E-state index >= 15 is 0 Å². The van der Waals surface area contributed by atoms with E-state index in [9.17, 15) is 0 Å². The molecule has 0 atom stereocenters. The highest BCUT2D eigenvalue weighted by Crippen LogP contribution is 1.37.